The zero-order chi connectivity index (χ0) is 30.1. The third-order valence-corrected chi connectivity index (χ3v) is 11.0. The van der Waals surface area contributed by atoms with Crippen molar-refractivity contribution in [3.8, 4) is 0 Å². The van der Waals surface area contributed by atoms with Crippen LogP contribution in [0.3, 0.4) is 0 Å². The van der Waals surface area contributed by atoms with Crippen LogP contribution < -0.4 is 10.6 Å². The van der Waals surface area contributed by atoms with Gasteiger partial charge in [0.05, 0.1) is 0 Å². The van der Waals surface area contributed by atoms with E-state index in [-0.39, 0.29) is 0 Å². The summed E-state index contributed by atoms with van der Waals surface area (Å²) in [6.45, 7) is 9.78. The summed E-state index contributed by atoms with van der Waals surface area (Å²) in [5.74, 6) is 0. The lowest BCUT2D eigenvalue weighted by molar-refractivity contribution is 0.589. The van der Waals surface area contributed by atoms with Crippen molar-refractivity contribution in [1.29, 1.82) is 0 Å². The molecular formula is C41H37OP. The molecule has 0 saturated carbocycles. The van der Waals surface area contributed by atoms with Crippen LogP contribution >= 0.6 is 7.14 Å². The minimum Gasteiger partial charge on any atom is -0.309 e. The Hall–Kier alpha value is -4.71. The molecule has 1 unspecified atom stereocenters. The first kappa shape index (κ1) is 29.8. The van der Waals surface area contributed by atoms with Gasteiger partial charge in [0.2, 0.25) is 0 Å². The van der Waals surface area contributed by atoms with E-state index in [0.717, 1.165) is 67.7 Å². The van der Waals surface area contributed by atoms with Gasteiger partial charge in [0.25, 0.3) is 0 Å². The topological polar surface area (TPSA) is 17.1 Å². The molecule has 4 aromatic rings. The fourth-order valence-corrected chi connectivity index (χ4v) is 8.29. The standard InChI is InChI=1S/C41H37OP/c1-4-15-35(5-2)32(3)30-33-22-26-39(27-23-33)43(42,38-20-13-8-14-21-38)40-28-24-34(25-29-40)31-41(36-16-9-6-10-17-36)37-18-11-7-12-19-37/h4-13,15-20,22-31H,1-2,14,21H2,3H3/b32-30-,35-15+. The normalized spacial score (nSPS) is 14.8. The van der Waals surface area contributed by atoms with Gasteiger partial charge < -0.3 is 4.57 Å². The summed E-state index contributed by atoms with van der Waals surface area (Å²) >= 11 is 0. The molecule has 1 aliphatic rings. The zero-order valence-corrected chi connectivity index (χ0v) is 25.6. The third kappa shape index (κ3) is 6.86. The van der Waals surface area contributed by atoms with Gasteiger partial charge in [-0.05, 0) is 70.1 Å². The second kappa shape index (κ2) is 14.0. The highest BCUT2D eigenvalue weighted by Crippen LogP contribution is 2.54. The molecule has 4 aromatic carbocycles. The predicted octanol–water partition coefficient (Wildman–Crippen LogP) is 10.5. The van der Waals surface area contributed by atoms with Crippen molar-refractivity contribution in [3.05, 3.63) is 198 Å². The Balaban J connectivity index is 1.53. The molecule has 0 spiro atoms. The molecule has 0 saturated heterocycles. The molecule has 0 aromatic heterocycles. The van der Waals surface area contributed by atoms with Crippen molar-refractivity contribution in [1.82, 2.24) is 0 Å². The van der Waals surface area contributed by atoms with E-state index in [1.807, 2.05) is 54.6 Å². The van der Waals surface area contributed by atoms with Crippen LogP contribution in [0.4, 0.5) is 0 Å². The second-order valence-electron chi connectivity index (χ2n) is 10.6. The quantitative estimate of drug-likeness (QED) is 0.104. The van der Waals surface area contributed by atoms with Gasteiger partial charge in [-0.3, -0.25) is 0 Å². The van der Waals surface area contributed by atoms with E-state index in [9.17, 15) is 0 Å². The van der Waals surface area contributed by atoms with Crippen molar-refractivity contribution in [2.24, 2.45) is 0 Å². The lowest BCUT2D eigenvalue weighted by Gasteiger charge is -2.24. The smallest absolute Gasteiger partial charge is 0.167 e. The van der Waals surface area contributed by atoms with Crippen LogP contribution in [0, 0.1) is 0 Å². The van der Waals surface area contributed by atoms with Crippen molar-refractivity contribution in [2.45, 2.75) is 19.8 Å². The van der Waals surface area contributed by atoms with Crippen LogP contribution in [0.15, 0.2) is 175 Å². The summed E-state index contributed by atoms with van der Waals surface area (Å²) in [4.78, 5) is 0. The van der Waals surface area contributed by atoms with Gasteiger partial charge in [-0.15, -0.1) is 0 Å². The van der Waals surface area contributed by atoms with Gasteiger partial charge in [-0.2, -0.15) is 0 Å². The minimum absolute atomic E-state index is 0.789. The van der Waals surface area contributed by atoms with Gasteiger partial charge in [0.1, 0.15) is 0 Å². The van der Waals surface area contributed by atoms with E-state index in [2.05, 4.69) is 117 Å². The summed E-state index contributed by atoms with van der Waals surface area (Å²) < 4.78 is 15.2. The van der Waals surface area contributed by atoms with E-state index in [1.54, 1.807) is 6.08 Å². The number of allylic oxidation sites excluding steroid dienone is 9. The molecule has 43 heavy (non-hydrogen) atoms. The van der Waals surface area contributed by atoms with Gasteiger partial charge in [0, 0.05) is 10.6 Å². The maximum atomic E-state index is 15.2. The van der Waals surface area contributed by atoms with Crippen LogP contribution in [0.2, 0.25) is 0 Å². The molecule has 0 N–H and O–H groups in total. The highest BCUT2D eigenvalue weighted by Gasteiger charge is 2.31. The van der Waals surface area contributed by atoms with E-state index >= 15 is 4.57 Å². The first-order valence-corrected chi connectivity index (χ1v) is 16.4. The molecule has 5 rings (SSSR count). The van der Waals surface area contributed by atoms with Gasteiger partial charge in [-0.25, -0.2) is 0 Å². The van der Waals surface area contributed by atoms with Crippen LogP contribution in [0.5, 0.6) is 0 Å². The monoisotopic (exact) mass is 576 g/mol. The Morgan fingerprint density at radius 1 is 0.721 bits per heavy atom. The van der Waals surface area contributed by atoms with Crippen LogP contribution in [0.25, 0.3) is 17.7 Å². The Morgan fingerprint density at radius 2 is 1.26 bits per heavy atom. The molecule has 1 nitrogen and oxygen atoms in total. The zero-order valence-electron chi connectivity index (χ0n) is 24.7. The fraction of sp³-hybridized carbons (Fsp3) is 0.0732. The van der Waals surface area contributed by atoms with E-state index in [0.29, 0.717) is 0 Å². The Kier molecular flexibility index (Phi) is 9.67. The van der Waals surface area contributed by atoms with Crippen molar-refractivity contribution in [2.75, 3.05) is 0 Å². The Labute approximate surface area is 256 Å². The van der Waals surface area contributed by atoms with Crippen LogP contribution in [-0.4, -0.2) is 0 Å². The SMILES string of the molecule is C=C/C=C(C=C)/C(C)=C\c1ccc(P(=O)(C2=CC=CCC2)c2ccc(C=C(c3ccccc3)c3ccccc3)cc2)cc1. The van der Waals surface area contributed by atoms with E-state index in [4.69, 9.17) is 0 Å². The van der Waals surface area contributed by atoms with E-state index < -0.39 is 7.14 Å². The summed E-state index contributed by atoms with van der Waals surface area (Å²) in [7, 11) is -3.03. The molecule has 212 valence electrons. The minimum atomic E-state index is -3.03. The summed E-state index contributed by atoms with van der Waals surface area (Å²) in [6.07, 6.45) is 17.8. The summed E-state index contributed by atoms with van der Waals surface area (Å²) in [5.41, 5.74) is 7.72. The summed E-state index contributed by atoms with van der Waals surface area (Å²) in [5, 5.41) is 2.70. The molecular weight excluding hydrogens is 539 g/mol. The first-order chi connectivity index (χ1) is 21.0. The molecule has 1 aliphatic carbocycles. The largest absolute Gasteiger partial charge is 0.309 e. The number of rotatable bonds is 10. The second-order valence-corrected chi connectivity index (χ2v) is 13.4. The average molecular weight is 577 g/mol. The lowest BCUT2D eigenvalue weighted by atomic mass is 9.96. The van der Waals surface area contributed by atoms with Crippen LogP contribution in [0.1, 0.15) is 42.0 Å². The van der Waals surface area contributed by atoms with Gasteiger partial charge in [0.15, 0.2) is 7.14 Å². The van der Waals surface area contributed by atoms with Gasteiger partial charge >= 0.3 is 0 Å². The molecule has 0 bridgehead atoms. The Bertz CT molecular complexity index is 1740. The van der Waals surface area contributed by atoms with Gasteiger partial charge in [-0.1, -0.05) is 165 Å². The average Bonchev–Trinajstić information content (AvgIpc) is 3.07. The highest BCUT2D eigenvalue weighted by atomic mass is 31.2. The molecule has 0 fully saturated rings. The molecule has 0 heterocycles. The van der Waals surface area contributed by atoms with Crippen molar-refractivity contribution in [3.63, 3.8) is 0 Å². The number of hydrogen-bond acceptors (Lipinski definition) is 1. The maximum Gasteiger partial charge on any atom is 0.167 e. The van der Waals surface area contributed by atoms with E-state index in [1.165, 1.54) is 0 Å². The van der Waals surface area contributed by atoms with Crippen molar-refractivity contribution < 1.29 is 4.57 Å². The molecule has 2 heteroatoms. The van der Waals surface area contributed by atoms with Crippen molar-refractivity contribution >= 4 is 35.5 Å². The Morgan fingerprint density at radius 3 is 1.72 bits per heavy atom. The molecule has 0 amide bonds. The fourth-order valence-electron chi connectivity index (χ4n) is 5.45. The molecule has 0 aliphatic heterocycles. The molecule has 1 atom stereocenters. The third-order valence-electron chi connectivity index (χ3n) is 7.75. The highest BCUT2D eigenvalue weighted by molar-refractivity contribution is 7.82. The number of benzene rings is 4. The number of hydrogen-bond donors (Lipinski definition) is 0. The first-order valence-electron chi connectivity index (χ1n) is 14.7. The maximum absolute atomic E-state index is 15.2. The summed E-state index contributed by atoms with van der Waals surface area (Å²) in [6, 6.07) is 37.3. The lowest BCUT2D eigenvalue weighted by Crippen LogP contribution is -2.18. The predicted molar refractivity (Wildman–Crippen MR) is 188 cm³/mol. The van der Waals surface area contributed by atoms with Crippen LogP contribution in [-0.2, 0) is 4.57 Å². The molecule has 0 radical (unpaired) electrons.